The number of hydrogen-bond acceptors (Lipinski definition) is 6. The Balaban J connectivity index is 0.000000438. The van der Waals surface area contributed by atoms with Crippen molar-refractivity contribution < 1.29 is 29.6 Å². The molecule has 0 radical (unpaired) electrons. The zero-order chi connectivity index (χ0) is 35.7. The molecule has 0 saturated carbocycles. The molecule has 0 aliphatic rings. The van der Waals surface area contributed by atoms with Gasteiger partial charge in [-0.15, -0.1) is 0 Å². The first-order chi connectivity index (χ1) is 23.0. The number of phenols is 2. The molecule has 0 spiro atoms. The lowest BCUT2D eigenvalue weighted by molar-refractivity contribution is 0.104. The highest BCUT2D eigenvalue weighted by Gasteiger charge is 2.16. The summed E-state index contributed by atoms with van der Waals surface area (Å²) in [5.74, 6) is 0.0608. The molecule has 3 rings (SSSR count). The van der Waals surface area contributed by atoms with Gasteiger partial charge in [0.15, 0.2) is 5.78 Å². The summed E-state index contributed by atoms with van der Waals surface area (Å²) >= 11 is 0. The molecule has 0 fully saturated rings. The van der Waals surface area contributed by atoms with Gasteiger partial charge in [-0.25, -0.2) is 0 Å². The van der Waals surface area contributed by atoms with E-state index in [-0.39, 0.29) is 23.7 Å². The molecule has 3 N–H and O–H groups in total. The first-order valence-electron chi connectivity index (χ1n) is 15.9. The Morgan fingerprint density at radius 3 is 1.85 bits per heavy atom. The molecule has 0 aliphatic carbocycles. The van der Waals surface area contributed by atoms with Gasteiger partial charge >= 0.3 is 0 Å². The number of aromatic hydroxyl groups is 2. The fraction of sp³-hybridized carbons (Fsp3) is 0.262. The number of ketones is 1. The Kier molecular flexibility index (Phi) is 20.6. The van der Waals surface area contributed by atoms with Gasteiger partial charge in [-0.2, -0.15) is 0 Å². The number of allylic oxidation sites excluding steroid dienone is 7. The van der Waals surface area contributed by atoms with Crippen molar-refractivity contribution in [1.29, 1.82) is 0 Å². The standard InChI is InChI=1S/C20H20O4.C18H26O2.C4H6/c1-14(2)10-11-24-16-12-18(22)20(19(23)13-16)17(21)9-8-15-6-4-3-5-7-15;1-15(2)5-4-6-16(3)12-14-20-18-9-7-17(8-10-18)11-13-19;1-3-4-2/h3-10,12-13,22-23H,11H2,1-2H3;5,7-10,12,19H,4,6,11,13-14H2,1-3H3;3-4H,1-2H2/b9-8+;16-12+;. The van der Waals surface area contributed by atoms with Crippen molar-refractivity contribution in [2.24, 2.45) is 0 Å². The van der Waals surface area contributed by atoms with E-state index < -0.39 is 5.78 Å². The van der Waals surface area contributed by atoms with Gasteiger partial charge in [0.2, 0.25) is 0 Å². The zero-order valence-electron chi connectivity index (χ0n) is 29.1. The van der Waals surface area contributed by atoms with Crippen LogP contribution in [0.1, 0.15) is 68.9 Å². The maximum absolute atomic E-state index is 12.2. The van der Waals surface area contributed by atoms with E-state index in [2.05, 4.69) is 46.1 Å². The van der Waals surface area contributed by atoms with Crippen LogP contribution in [0.2, 0.25) is 0 Å². The first kappa shape index (κ1) is 41.0. The fourth-order valence-electron chi connectivity index (χ4n) is 3.90. The Bertz CT molecular complexity index is 1490. The molecule has 6 nitrogen and oxygen atoms in total. The first-order valence-corrected chi connectivity index (χ1v) is 15.9. The second-order valence-electron chi connectivity index (χ2n) is 11.3. The average Bonchev–Trinajstić information content (AvgIpc) is 3.05. The van der Waals surface area contributed by atoms with Crippen LogP contribution in [0.5, 0.6) is 23.0 Å². The number of phenolic OH excluding ortho intramolecular Hbond substituents is 2. The number of hydrogen-bond donors (Lipinski definition) is 3. The van der Waals surface area contributed by atoms with Crippen LogP contribution in [-0.2, 0) is 6.42 Å². The van der Waals surface area contributed by atoms with E-state index in [9.17, 15) is 15.0 Å². The average molecular weight is 653 g/mol. The molecule has 0 heterocycles. The highest BCUT2D eigenvalue weighted by atomic mass is 16.5. The zero-order valence-corrected chi connectivity index (χ0v) is 29.1. The molecule has 0 aliphatic heterocycles. The van der Waals surface area contributed by atoms with Crippen molar-refractivity contribution in [2.45, 2.75) is 53.9 Å². The summed E-state index contributed by atoms with van der Waals surface area (Å²) in [5, 5.41) is 28.9. The fourth-order valence-corrected chi connectivity index (χ4v) is 3.90. The molecular formula is C42H52O6. The Hall–Kier alpha value is -5.07. The highest BCUT2D eigenvalue weighted by Crippen LogP contribution is 2.33. The number of aliphatic hydroxyl groups excluding tert-OH is 1. The van der Waals surface area contributed by atoms with Crippen molar-refractivity contribution in [3.63, 3.8) is 0 Å². The van der Waals surface area contributed by atoms with Gasteiger partial charge in [0, 0.05) is 18.7 Å². The van der Waals surface area contributed by atoms with Crippen molar-refractivity contribution in [2.75, 3.05) is 19.8 Å². The highest BCUT2D eigenvalue weighted by molar-refractivity contribution is 6.10. The van der Waals surface area contributed by atoms with Crippen molar-refractivity contribution in [1.82, 2.24) is 0 Å². The van der Waals surface area contributed by atoms with E-state index in [1.54, 1.807) is 18.2 Å². The SMILES string of the molecule is C=CC=C.CC(C)=CCC/C(C)=C/COc1ccc(CCO)cc1.CC(C)=CCOc1cc(O)c(C(=O)/C=C/c2ccccc2)c(O)c1. The second-order valence-corrected chi connectivity index (χ2v) is 11.3. The minimum Gasteiger partial charge on any atom is -0.507 e. The van der Waals surface area contributed by atoms with Crippen LogP contribution in [0.25, 0.3) is 6.08 Å². The van der Waals surface area contributed by atoms with Crippen molar-refractivity contribution in [3.8, 4) is 23.0 Å². The number of carbonyl (C=O) groups is 1. The minimum absolute atomic E-state index is 0.142. The summed E-state index contributed by atoms with van der Waals surface area (Å²) in [6.45, 7) is 18.1. The van der Waals surface area contributed by atoms with Crippen molar-refractivity contribution >= 4 is 11.9 Å². The van der Waals surface area contributed by atoms with E-state index >= 15 is 0 Å². The number of benzene rings is 3. The summed E-state index contributed by atoms with van der Waals surface area (Å²) in [6, 6.07) is 19.8. The van der Waals surface area contributed by atoms with Crippen LogP contribution in [0.4, 0.5) is 0 Å². The molecular weight excluding hydrogens is 600 g/mol. The number of carbonyl (C=O) groups excluding carboxylic acids is 1. The lowest BCUT2D eigenvalue weighted by Crippen LogP contribution is -1.99. The summed E-state index contributed by atoms with van der Waals surface area (Å²) in [6.07, 6.45) is 15.4. The summed E-state index contributed by atoms with van der Waals surface area (Å²) in [4.78, 5) is 12.2. The summed E-state index contributed by atoms with van der Waals surface area (Å²) in [7, 11) is 0. The van der Waals surface area contributed by atoms with Gasteiger partial charge in [0.1, 0.15) is 41.8 Å². The van der Waals surface area contributed by atoms with E-state index in [1.807, 2.05) is 74.5 Å². The molecule has 3 aromatic carbocycles. The Morgan fingerprint density at radius 2 is 1.31 bits per heavy atom. The molecule has 0 unspecified atom stereocenters. The van der Waals surface area contributed by atoms with Crippen LogP contribution in [0.3, 0.4) is 0 Å². The molecule has 48 heavy (non-hydrogen) atoms. The van der Waals surface area contributed by atoms with E-state index in [0.29, 0.717) is 25.4 Å². The van der Waals surface area contributed by atoms with Crippen molar-refractivity contribution in [3.05, 3.63) is 150 Å². The molecule has 0 amide bonds. The smallest absolute Gasteiger partial charge is 0.193 e. The lowest BCUT2D eigenvalue weighted by Gasteiger charge is -2.09. The Morgan fingerprint density at radius 1 is 0.750 bits per heavy atom. The topological polar surface area (TPSA) is 96.2 Å². The number of aliphatic hydroxyl groups is 1. The van der Waals surface area contributed by atoms with Gasteiger partial charge < -0.3 is 24.8 Å². The van der Waals surface area contributed by atoms with Gasteiger partial charge in [0.25, 0.3) is 0 Å². The normalized spacial score (nSPS) is 10.4. The number of ether oxygens (including phenoxy) is 2. The lowest BCUT2D eigenvalue weighted by atomic mass is 10.1. The van der Waals surface area contributed by atoms with E-state index in [1.165, 1.54) is 29.4 Å². The third-order valence-electron chi connectivity index (χ3n) is 6.55. The molecule has 3 aromatic rings. The maximum atomic E-state index is 12.2. The molecule has 0 atom stereocenters. The van der Waals surface area contributed by atoms with Crippen LogP contribution >= 0.6 is 0 Å². The van der Waals surface area contributed by atoms with Gasteiger partial charge in [-0.1, -0.05) is 96.6 Å². The van der Waals surface area contributed by atoms with Crippen LogP contribution in [0.15, 0.2) is 133 Å². The van der Waals surface area contributed by atoms with Crippen LogP contribution in [0, 0.1) is 0 Å². The van der Waals surface area contributed by atoms with Gasteiger partial charge in [0.05, 0.1) is 0 Å². The molecule has 0 bridgehead atoms. The minimum atomic E-state index is -0.482. The quantitative estimate of drug-likeness (QED) is 0.0655. The summed E-state index contributed by atoms with van der Waals surface area (Å²) in [5.41, 5.74) is 5.68. The predicted octanol–water partition coefficient (Wildman–Crippen LogP) is 9.99. The van der Waals surface area contributed by atoms with E-state index in [0.717, 1.165) is 35.3 Å². The van der Waals surface area contributed by atoms with Gasteiger partial charge in [-0.3, -0.25) is 4.79 Å². The predicted molar refractivity (Wildman–Crippen MR) is 200 cm³/mol. The second kappa shape index (κ2) is 24.2. The molecule has 256 valence electrons. The van der Waals surface area contributed by atoms with E-state index in [4.69, 9.17) is 14.6 Å². The maximum Gasteiger partial charge on any atom is 0.193 e. The summed E-state index contributed by atoms with van der Waals surface area (Å²) < 4.78 is 11.1. The van der Waals surface area contributed by atoms with Crippen LogP contribution in [-0.4, -0.2) is 40.9 Å². The monoisotopic (exact) mass is 652 g/mol. The largest absolute Gasteiger partial charge is 0.507 e. The van der Waals surface area contributed by atoms with Crippen LogP contribution < -0.4 is 9.47 Å². The Labute approximate surface area is 287 Å². The molecule has 0 aromatic heterocycles. The number of rotatable bonds is 15. The third-order valence-corrected chi connectivity index (χ3v) is 6.55. The third kappa shape index (κ3) is 18.2. The molecule has 0 saturated heterocycles. The van der Waals surface area contributed by atoms with Gasteiger partial charge in [-0.05, 0) is 95.4 Å². The molecule has 6 heteroatoms.